The van der Waals surface area contributed by atoms with Crippen molar-refractivity contribution in [1.82, 2.24) is 9.47 Å². The van der Waals surface area contributed by atoms with E-state index in [0.717, 1.165) is 38.3 Å². The van der Waals surface area contributed by atoms with Crippen molar-refractivity contribution in [2.24, 2.45) is 4.99 Å². The van der Waals surface area contributed by atoms with E-state index in [9.17, 15) is 4.79 Å². The fraction of sp³-hybridized carbons (Fsp3) is 0.143. The number of benzene rings is 3. The number of thioether (sulfide) groups is 1. The number of amides is 1. The summed E-state index contributed by atoms with van der Waals surface area (Å²) in [4.78, 5) is 20.4. The molecule has 0 aliphatic carbocycles. The quantitative estimate of drug-likeness (QED) is 0.253. The van der Waals surface area contributed by atoms with Gasteiger partial charge in [-0.05, 0) is 67.6 Å². The Kier molecular flexibility index (Phi) is 6.44. The summed E-state index contributed by atoms with van der Waals surface area (Å²) >= 11 is 4.95. The predicted molar refractivity (Wildman–Crippen MR) is 146 cm³/mol. The number of rotatable bonds is 5. The highest BCUT2D eigenvalue weighted by Crippen LogP contribution is 2.35. The highest BCUT2D eigenvalue weighted by molar-refractivity contribution is 9.10. The van der Waals surface area contributed by atoms with E-state index in [1.165, 1.54) is 22.9 Å². The summed E-state index contributed by atoms with van der Waals surface area (Å²) in [5.74, 6) is 0.00287. The maximum atomic E-state index is 13.2. The molecule has 0 bridgehead atoms. The van der Waals surface area contributed by atoms with Gasteiger partial charge in [0.2, 0.25) is 0 Å². The van der Waals surface area contributed by atoms with Crippen LogP contribution in [0, 0.1) is 6.92 Å². The lowest BCUT2D eigenvalue weighted by atomic mass is 10.1. The van der Waals surface area contributed by atoms with E-state index in [2.05, 4.69) is 76.1 Å². The summed E-state index contributed by atoms with van der Waals surface area (Å²) in [6.45, 7) is 5.38. The van der Waals surface area contributed by atoms with Crippen LogP contribution in [0.2, 0.25) is 0 Å². The van der Waals surface area contributed by atoms with Gasteiger partial charge in [0.1, 0.15) is 0 Å². The van der Waals surface area contributed by atoms with Gasteiger partial charge in [-0.1, -0.05) is 64.0 Å². The second-order valence-electron chi connectivity index (χ2n) is 8.25. The summed E-state index contributed by atoms with van der Waals surface area (Å²) in [7, 11) is 0. The molecule has 170 valence electrons. The summed E-state index contributed by atoms with van der Waals surface area (Å²) in [6, 6.07) is 24.8. The number of hydrogen-bond donors (Lipinski definition) is 0. The van der Waals surface area contributed by atoms with E-state index in [4.69, 9.17) is 4.99 Å². The summed E-state index contributed by atoms with van der Waals surface area (Å²) in [5.41, 5.74) is 5.45. The van der Waals surface area contributed by atoms with E-state index in [-0.39, 0.29) is 5.91 Å². The van der Waals surface area contributed by atoms with Gasteiger partial charge in [0.15, 0.2) is 5.17 Å². The Bertz CT molecular complexity index is 1420. The third-order valence-corrected chi connectivity index (χ3v) is 7.37. The van der Waals surface area contributed by atoms with Crippen molar-refractivity contribution in [3.05, 3.63) is 105 Å². The number of aryl methyl sites for hydroxylation is 1. The monoisotopic (exact) mass is 529 g/mol. The van der Waals surface area contributed by atoms with Gasteiger partial charge in [-0.2, -0.15) is 0 Å². The zero-order valence-electron chi connectivity index (χ0n) is 19.0. The molecule has 1 saturated heterocycles. The van der Waals surface area contributed by atoms with Crippen LogP contribution in [0.5, 0.6) is 0 Å². The number of halogens is 1. The Hall–Kier alpha value is -3.09. The molecule has 6 heteroatoms. The Balaban J connectivity index is 1.50. The molecule has 1 aromatic heterocycles. The van der Waals surface area contributed by atoms with Gasteiger partial charge in [-0.15, -0.1) is 0 Å². The number of amidine groups is 1. The standard InChI is InChI=1S/C28H24BrN3OS/c1-3-32-27(33)26(34-28(32)30-23-14-8-19(2)9-15-23)16-21-18-31(25-7-5-4-6-24(21)25)17-20-10-12-22(29)13-11-20/h4-16,18H,3,17H2,1-2H3/b26-16+,30-28?. The first-order valence-corrected chi connectivity index (χ1v) is 12.8. The number of carbonyl (C=O) groups is 1. The molecule has 0 saturated carbocycles. The SMILES string of the molecule is CCN1C(=O)/C(=C\c2cn(Cc3ccc(Br)cc3)c3ccccc23)SC1=Nc1ccc(C)cc1. The molecule has 5 rings (SSSR count). The summed E-state index contributed by atoms with van der Waals surface area (Å²) < 4.78 is 3.31. The molecule has 1 aliphatic heterocycles. The topological polar surface area (TPSA) is 37.6 Å². The number of fused-ring (bicyclic) bond motifs is 1. The number of aliphatic imine (C=N–C) groups is 1. The minimum Gasteiger partial charge on any atom is -0.342 e. The van der Waals surface area contributed by atoms with Crippen LogP contribution in [0.25, 0.3) is 17.0 Å². The first-order chi connectivity index (χ1) is 16.5. The smallest absolute Gasteiger partial charge is 0.266 e. The zero-order valence-corrected chi connectivity index (χ0v) is 21.4. The highest BCUT2D eigenvalue weighted by Gasteiger charge is 2.32. The average Bonchev–Trinajstić information content (AvgIpc) is 3.33. The van der Waals surface area contributed by atoms with Crippen LogP contribution in [0.3, 0.4) is 0 Å². The van der Waals surface area contributed by atoms with Crippen molar-refractivity contribution in [2.75, 3.05) is 6.54 Å². The Morgan fingerprint density at radius 2 is 1.74 bits per heavy atom. The van der Waals surface area contributed by atoms with Gasteiger partial charge in [-0.25, -0.2) is 4.99 Å². The van der Waals surface area contributed by atoms with Gasteiger partial charge in [0.25, 0.3) is 5.91 Å². The number of aromatic nitrogens is 1. The Morgan fingerprint density at radius 3 is 2.47 bits per heavy atom. The predicted octanol–water partition coefficient (Wildman–Crippen LogP) is 7.38. The largest absolute Gasteiger partial charge is 0.342 e. The van der Waals surface area contributed by atoms with Crippen LogP contribution >= 0.6 is 27.7 Å². The number of para-hydroxylation sites is 1. The molecule has 4 aromatic rings. The summed E-state index contributed by atoms with van der Waals surface area (Å²) in [5, 5.41) is 1.86. The molecule has 1 amide bonds. The number of nitrogens with zero attached hydrogens (tertiary/aromatic N) is 3. The Labute approximate surface area is 212 Å². The molecule has 0 radical (unpaired) electrons. The molecule has 4 nitrogen and oxygen atoms in total. The molecule has 0 unspecified atom stereocenters. The van der Waals surface area contributed by atoms with Crippen molar-refractivity contribution in [3.8, 4) is 0 Å². The number of hydrogen-bond acceptors (Lipinski definition) is 3. The minimum atomic E-state index is 0.00287. The normalized spacial score (nSPS) is 16.3. The third kappa shape index (κ3) is 4.61. The van der Waals surface area contributed by atoms with Gasteiger partial charge in [0, 0.05) is 40.2 Å². The second-order valence-corrected chi connectivity index (χ2v) is 10.2. The first kappa shape index (κ1) is 22.7. The fourth-order valence-electron chi connectivity index (χ4n) is 4.05. The zero-order chi connectivity index (χ0) is 23.7. The molecular weight excluding hydrogens is 506 g/mol. The van der Waals surface area contributed by atoms with Crippen molar-refractivity contribution in [2.45, 2.75) is 20.4 Å². The van der Waals surface area contributed by atoms with E-state index in [0.29, 0.717) is 11.4 Å². The molecule has 1 fully saturated rings. The van der Waals surface area contributed by atoms with Crippen LogP contribution in [0.1, 0.15) is 23.6 Å². The third-order valence-electron chi connectivity index (χ3n) is 5.84. The number of carbonyl (C=O) groups excluding carboxylic acids is 1. The van der Waals surface area contributed by atoms with Crippen LogP contribution in [0.4, 0.5) is 5.69 Å². The average molecular weight is 530 g/mol. The molecule has 0 spiro atoms. The fourth-order valence-corrected chi connectivity index (χ4v) is 5.37. The van der Waals surface area contributed by atoms with Crippen LogP contribution in [0.15, 0.2) is 93.4 Å². The van der Waals surface area contributed by atoms with Crippen LogP contribution in [-0.2, 0) is 11.3 Å². The van der Waals surface area contributed by atoms with Crippen molar-refractivity contribution in [1.29, 1.82) is 0 Å². The first-order valence-electron chi connectivity index (χ1n) is 11.2. The lowest BCUT2D eigenvalue weighted by Gasteiger charge is -2.11. The van der Waals surface area contributed by atoms with E-state index < -0.39 is 0 Å². The molecular formula is C28H24BrN3OS. The Morgan fingerprint density at radius 1 is 1.00 bits per heavy atom. The maximum Gasteiger partial charge on any atom is 0.266 e. The molecule has 1 aliphatic rings. The molecule has 34 heavy (non-hydrogen) atoms. The van der Waals surface area contributed by atoms with E-state index >= 15 is 0 Å². The van der Waals surface area contributed by atoms with Gasteiger partial charge < -0.3 is 4.57 Å². The van der Waals surface area contributed by atoms with Gasteiger partial charge in [-0.3, -0.25) is 9.69 Å². The van der Waals surface area contributed by atoms with Crippen LogP contribution < -0.4 is 0 Å². The second kappa shape index (κ2) is 9.65. The van der Waals surface area contributed by atoms with Crippen LogP contribution in [-0.4, -0.2) is 27.1 Å². The van der Waals surface area contributed by atoms with Crippen molar-refractivity contribution >= 4 is 61.4 Å². The minimum absolute atomic E-state index is 0.00287. The van der Waals surface area contributed by atoms with E-state index in [1.54, 1.807) is 4.90 Å². The molecule has 3 aromatic carbocycles. The molecule has 2 heterocycles. The molecule has 0 atom stereocenters. The van der Waals surface area contributed by atoms with Gasteiger partial charge in [0.05, 0.1) is 10.6 Å². The van der Waals surface area contributed by atoms with Crippen molar-refractivity contribution < 1.29 is 4.79 Å². The molecule has 0 N–H and O–H groups in total. The van der Waals surface area contributed by atoms with E-state index in [1.807, 2.05) is 43.3 Å². The van der Waals surface area contributed by atoms with Crippen molar-refractivity contribution in [3.63, 3.8) is 0 Å². The lowest BCUT2D eigenvalue weighted by Crippen LogP contribution is -2.28. The highest BCUT2D eigenvalue weighted by atomic mass is 79.9. The summed E-state index contributed by atoms with van der Waals surface area (Å²) in [6.07, 6.45) is 4.15. The number of likely N-dealkylation sites (N-methyl/N-ethyl adjacent to an activating group) is 1. The lowest BCUT2D eigenvalue weighted by molar-refractivity contribution is -0.122. The maximum absolute atomic E-state index is 13.2. The van der Waals surface area contributed by atoms with Gasteiger partial charge >= 0.3 is 0 Å².